The molecule has 1 aromatic carbocycles. The van der Waals surface area contributed by atoms with Crippen molar-refractivity contribution in [1.29, 1.82) is 0 Å². The minimum absolute atomic E-state index is 0.310. The highest BCUT2D eigenvalue weighted by Crippen LogP contribution is 2.22. The van der Waals surface area contributed by atoms with Crippen molar-refractivity contribution in [2.45, 2.75) is 31.9 Å². The Morgan fingerprint density at radius 1 is 1.50 bits per heavy atom. The summed E-state index contributed by atoms with van der Waals surface area (Å²) in [5.41, 5.74) is 0. The summed E-state index contributed by atoms with van der Waals surface area (Å²) in [5, 5.41) is 9.61. The minimum atomic E-state index is -0.967. The number of hydrogen-bond acceptors (Lipinski definition) is 3. The maximum absolute atomic E-state index is 12.3. The van der Waals surface area contributed by atoms with Crippen LogP contribution in [0.2, 0.25) is 5.02 Å². The Morgan fingerprint density at radius 2 is 2.25 bits per heavy atom. The molecule has 20 heavy (non-hydrogen) atoms. The zero-order valence-corrected chi connectivity index (χ0v) is 11.8. The number of rotatable bonds is 4. The molecule has 108 valence electrons. The second-order valence-electron chi connectivity index (χ2n) is 4.75. The molecular weight excluding hydrogens is 282 g/mol. The quantitative estimate of drug-likeness (QED) is 0.925. The lowest BCUT2D eigenvalue weighted by atomic mass is 10.2. The highest BCUT2D eigenvalue weighted by Gasteiger charge is 2.36. The Kier molecular flexibility index (Phi) is 4.49. The third-order valence-corrected chi connectivity index (χ3v) is 3.51. The maximum Gasteiger partial charge on any atom is 0.326 e. The van der Waals surface area contributed by atoms with Crippen LogP contribution in [-0.4, -0.2) is 40.6 Å². The van der Waals surface area contributed by atoms with Crippen molar-refractivity contribution in [1.82, 2.24) is 4.90 Å². The van der Waals surface area contributed by atoms with Crippen molar-refractivity contribution in [2.24, 2.45) is 0 Å². The van der Waals surface area contributed by atoms with Gasteiger partial charge in [-0.1, -0.05) is 17.7 Å². The number of likely N-dealkylation sites (tertiary alicyclic amines) is 1. The van der Waals surface area contributed by atoms with E-state index in [0.29, 0.717) is 30.2 Å². The van der Waals surface area contributed by atoms with Crippen LogP contribution in [0.4, 0.5) is 0 Å². The molecular formula is C14H16ClNO4. The third-order valence-electron chi connectivity index (χ3n) is 3.28. The summed E-state index contributed by atoms with van der Waals surface area (Å²) >= 11 is 5.85. The van der Waals surface area contributed by atoms with Gasteiger partial charge in [-0.2, -0.15) is 0 Å². The molecule has 5 nitrogen and oxygen atoms in total. The SMILES string of the molecule is CC(Oc1cccc(Cl)c1)C(=O)N1CCCC1C(=O)O. The van der Waals surface area contributed by atoms with Crippen molar-refractivity contribution >= 4 is 23.5 Å². The average molecular weight is 298 g/mol. The smallest absolute Gasteiger partial charge is 0.326 e. The molecule has 0 aromatic heterocycles. The number of carboxylic acid groups (broad SMARTS) is 1. The Morgan fingerprint density at radius 3 is 2.90 bits per heavy atom. The number of ether oxygens (including phenoxy) is 1. The van der Waals surface area contributed by atoms with E-state index in [1.54, 1.807) is 31.2 Å². The Bertz CT molecular complexity index is 520. The van der Waals surface area contributed by atoms with E-state index in [1.807, 2.05) is 0 Å². The van der Waals surface area contributed by atoms with Crippen molar-refractivity contribution in [3.05, 3.63) is 29.3 Å². The number of amides is 1. The molecule has 1 amide bonds. The van der Waals surface area contributed by atoms with Crippen LogP contribution in [0.1, 0.15) is 19.8 Å². The van der Waals surface area contributed by atoms with Gasteiger partial charge in [0.2, 0.25) is 0 Å². The molecule has 1 aromatic rings. The summed E-state index contributed by atoms with van der Waals surface area (Å²) in [4.78, 5) is 24.7. The van der Waals surface area contributed by atoms with E-state index in [2.05, 4.69) is 0 Å². The fraction of sp³-hybridized carbons (Fsp3) is 0.429. The van der Waals surface area contributed by atoms with Crippen LogP contribution < -0.4 is 4.74 Å². The molecule has 1 fully saturated rings. The lowest BCUT2D eigenvalue weighted by molar-refractivity contribution is -0.150. The summed E-state index contributed by atoms with van der Waals surface area (Å²) < 4.78 is 5.53. The first kappa shape index (κ1) is 14.7. The fourth-order valence-corrected chi connectivity index (χ4v) is 2.50. The van der Waals surface area contributed by atoms with Crippen molar-refractivity contribution in [3.8, 4) is 5.75 Å². The fourth-order valence-electron chi connectivity index (χ4n) is 2.32. The van der Waals surface area contributed by atoms with Gasteiger partial charge in [-0.3, -0.25) is 4.79 Å². The van der Waals surface area contributed by atoms with Crippen LogP contribution in [0.25, 0.3) is 0 Å². The number of hydrogen-bond donors (Lipinski definition) is 1. The van der Waals surface area contributed by atoms with Crippen LogP contribution in [0, 0.1) is 0 Å². The molecule has 1 saturated heterocycles. The highest BCUT2D eigenvalue weighted by atomic mass is 35.5. The molecule has 0 bridgehead atoms. The first-order chi connectivity index (χ1) is 9.49. The summed E-state index contributed by atoms with van der Waals surface area (Å²) in [6, 6.07) is 6.01. The number of nitrogens with zero attached hydrogens (tertiary/aromatic N) is 1. The van der Waals surface area contributed by atoms with Gasteiger partial charge in [0, 0.05) is 11.6 Å². The van der Waals surface area contributed by atoms with E-state index >= 15 is 0 Å². The first-order valence-electron chi connectivity index (χ1n) is 6.44. The molecule has 2 rings (SSSR count). The lowest BCUT2D eigenvalue weighted by Crippen LogP contribution is -2.46. The molecule has 2 atom stereocenters. The third kappa shape index (κ3) is 3.22. The van der Waals surface area contributed by atoms with Gasteiger partial charge in [0.25, 0.3) is 5.91 Å². The van der Waals surface area contributed by atoms with Gasteiger partial charge in [0.1, 0.15) is 11.8 Å². The molecule has 0 saturated carbocycles. The summed E-state index contributed by atoms with van der Waals surface area (Å²) in [5.74, 6) is -0.787. The zero-order chi connectivity index (χ0) is 14.7. The van der Waals surface area contributed by atoms with Gasteiger partial charge >= 0.3 is 5.97 Å². The summed E-state index contributed by atoms with van der Waals surface area (Å²) in [6.07, 6.45) is 0.450. The second kappa shape index (κ2) is 6.13. The number of halogens is 1. The standard InChI is InChI=1S/C14H16ClNO4/c1-9(20-11-5-2-4-10(15)8-11)13(17)16-7-3-6-12(16)14(18)19/h2,4-5,8-9,12H,3,6-7H2,1H3,(H,18,19). The first-order valence-corrected chi connectivity index (χ1v) is 6.82. The van der Waals surface area contributed by atoms with Crippen molar-refractivity contribution in [3.63, 3.8) is 0 Å². The van der Waals surface area contributed by atoms with Crippen LogP contribution in [-0.2, 0) is 9.59 Å². The molecule has 2 unspecified atom stereocenters. The van der Waals surface area contributed by atoms with Crippen LogP contribution in [0.15, 0.2) is 24.3 Å². The summed E-state index contributed by atoms with van der Waals surface area (Å²) in [7, 11) is 0. The molecule has 6 heteroatoms. The van der Waals surface area contributed by atoms with Gasteiger partial charge in [-0.05, 0) is 38.0 Å². The van der Waals surface area contributed by atoms with Crippen LogP contribution in [0.3, 0.4) is 0 Å². The normalized spacial score (nSPS) is 19.7. The van der Waals surface area contributed by atoms with E-state index in [4.69, 9.17) is 21.4 Å². The highest BCUT2D eigenvalue weighted by molar-refractivity contribution is 6.30. The predicted molar refractivity (Wildman–Crippen MR) is 73.9 cm³/mol. The number of carbonyl (C=O) groups is 2. The maximum atomic E-state index is 12.3. The molecule has 1 aliphatic heterocycles. The number of benzene rings is 1. The Balaban J connectivity index is 2.03. The summed E-state index contributed by atoms with van der Waals surface area (Å²) in [6.45, 7) is 2.07. The number of carboxylic acids is 1. The zero-order valence-electron chi connectivity index (χ0n) is 11.1. The van der Waals surface area contributed by atoms with E-state index in [1.165, 1.54) is 4.90 Å². The van der Waals surface area contributed by atoms with E-state index in [0.717, 1.165) is 0 Å². The molecule has 0 radical (unpaired) electrons. The minimum Gasteiger partial charge on any atom is -0.481 e. The van der Waals surface area contributed by atoms with E-state index < -0.39 is 18.1 Å². The van der Waals surface area contributed by atoms with E-state index in [9.17, 15) is 9.59 Å². The lowest BCUT2D eigenvalue weighted by Gasteiger charge is -2.25. The number of carbonyl (C=O) groups excluding carboxylic acids is 1. The number of aliphatic carboxylic acids is 1. The Hall–Kier alpha value is -1.75. The largest absolute Gasteiger partial charge is 0.481 e. The Labute approximate surface area is 122 Å². The van der Waals surface area contributed by atoms with Gasteiger partial charge in [-0.25, -0.2) is 4.79 Å². The van der Waals surface area contributed by atoms with Crippen LogP contribution in [0.5, 0.6) is 5.75 Å². The average Bonchev–Trinajstić information content (AvgIpc) is 2.87. The predicted octanol–water partition coefficient (Wildman–Crippen LogP) is 2.18. The molecule has 0 spiro atoms. The van der Waals surface area contributed by atoms with Gasteiger partial charge in [-0.15, -0.1) is 0 Å². The molecule has 0 aliphatic carbocycles. The monoisotopic (exact) mass is 297 g/mol. The van der Waals surface area contributed by atoms with Gasteiger partial charge in [0.15, 0.2) is 6.10 Å². The molecule has 1 aliphatic rings. The second-order valence-corrected chi connectivity index (χ2v) is 5.18. The van der Waals surface area contributed by atoms with Crippen molar-refractivity contribution in [2.75, 3.05) is 6.54 Å². The van der Waals surface area contributed by atoms with Gasteiger partial charge in [0.05, 0.1) is 0 Å². The molecule has 1 N–H and O–H groups in total. The topological polar surface area (TPSA) is 66.8 Å². The van der Waals surface area contributed by atoms with Crippen LogP contribution >= 0.6 is 11.6 Å². The molecule has 1 heterocycles. The van der Waals surface area contributed by atoms with E-state index in [-0.39, 0.29) is 5.91 Å². The van der Waals surface area contributed by atoms with Crippen molar-refractivity contribution < 1.29 is 19.4 Å². The van der Waals surface area contributed by atoms with Gasteiger partial charge < -0.3 is 14.7 Å².